The molecule has 150 valence electrons. The van der Waals surface area contributed by atoms with E-state index in [-0.39, 0.29) is 0 Å². The molecule has 0 N–H and O–H groups in total. The first-order chi connectivity index (χ1) is 13.3. The minimum Gasteiger partial charge on any atom is -0.384 e. The van der Waals surface area contributed by atoms with Gasteiger partial charge in [0, 0.05) is 64.8 Å². The minimum atomic E-state index is 0.435. The summed E-state index contributed by atoms with van der Waals surface area (Å²) < 4.78 is 11.2. The van der Waals surface area contributed by atoms with Crippen molar-refractivity contribution in [1.82, 2.24) is 14.8 Å². The lowest BCUT2D eigenvalue weighted by Crippen LogP contribution is -2.46. The SMILES string of the molecule is COCC1CN(Cc2cccnc2)CC12CCN(CC1CCOCC1)CC2. The number of hydrogen-bond acceptors (Lipinski definition) is 5. The van der Waals surface area contributed by atoms with E-state index in [4.69, 9.17) is 9.47 Å². The van der Waals surface area contributed by atoms with E-state index in [2.05, 4.69) is 20.9 Å². The summed E-state index contributed by atoms with van der Waals surface area (Å²) in [4.78, 5) is 9.64. The second-order valence-electron chi connectivity index (χ2n) is 8.90. The van der Waals surface area contributed by atoms with Crippen LogP contribution in [0.2, 0.25) is 0 Å². The van der Waals surface area contributed by atoms with Gasteiger partial charge in [-0.2, -0.15) is 0 Å². The molecule has 1 aromatic heterocycles. The number of piperidine rings is 1. The number of ether oxygens (including phenoxy) is 2. The number of hydrogen-bond donors (Lipinski definition) is 0. The van der Waals surface area contributed by atoms with Crippen LogP contribution in [-0.4, -0.2) is 74.4 Å². The molecule has 0 bridgehead atoms. The lowest BCUT2D eigenvalue weighted by Gasteiger charge is -2.43. The number of rotatable bonds is 6. The molecular formula is C22H35N3O2. The van der Waals surface area contributed by atoms with Crippen LogP contribution in [0.1, 0.15) is 31.2 Å². The largest absolute Gasteiger partial charge is 0.384 e. The van der Waals surface area contributed by atoms with Crippen LogP contribution in [-0.2, 0) is 16.0 Å². The Balaban J connectivity index is 1.34. The predicted octanol–water partition coefficient (Wildman–Crippen LogP) is 2.67. The molecule has 4 heterocycles. The molecule has 0 aromatic carbocycles. The lowest BCUT2D eigenvalue weighted by atomic mass is 9.71. The van der Waals surface area contributed by atoms with Crippen molar-refractivity contribution in [2.45, 2.75) is 32.2 Å². The molecule has 0 saturated carbocycles. The molecule has 3 saturated heterocycles. The van der Waals surface area contributed by atoms with Gasteiger partial charge in [-0.25, -0.2) is 0 Å². The van der Waals surface area contributed by atoms with Gasteiger partial charge in [0.15, 0.2) is 0 Å². The van der Waals surface area contributed by atoms with Crippen LogP contribution < -0.4 is 0 Å². The standard InChI is InChI=1S/C22H35N3O2/c1-26-17-21-16-25(15-20-3-2-8-23-13-20)18-22(21)6-9-24(10-7-22)14-19-4-11-27-12-5-19/h2-3,8,13,19,21H,4-7,9-12,14-18H2,1H3. The molecule has 3 aliphatic heterocycles. The van der Waals surface area contributed by atoms with Crippen LogP contribution in [0.4, 0.5) is 0 Å². The highest BCUT2D eigenvalue weighted by atomic mass is 16.5. The molecule has 3 aliphatic rings. The summed E-state index contributed by atoms with van der Waals surface area (Å²) in [6.45, 7) is 9.96. The zero-order valence-corrected chi connectivity index (χ0v) is 16.8. The van der Waals surface area contributed by atoms with Crippen molar-refractivity contribution in [2.75, 3.05) is 59.7 Å². The van der Waals surface area contributed by atoms with E-state index in [0.717, 1.165) is 38.8 Å². The number of likely N-dealkylation sites (tertiary alicyclic amines) is 2. The zero-order chi connectivity index (χ0) is 18.5. The fourth-order valence-electron chi connectivity index (χ4n) is 5.49. The zero-order valence-electron chi connectivity index (χ0n) is 16.8. The molecule has 4 rings (SSSR count). The molecule has 3 fully saturated rings. The predicted molar refractivity (Wildman–Crippen MR) is 107 cm³/mol. The van der Waals surface area contributed by atoms with E-state index in [1.807, 2.05) is 25.6 Å². The first-order valence-electron chi connectivity index (χ1n) is 10.7. The summed E-state index contributed by atoms with van der Waals surface area (Å²) in [5.74, 6) is 1.50. The van der Waals surface area contributed by atoms with Crippen LogP contribution in [0.3, 0.4) is 0 Å². The maximum Gasteiger partial charge on any atom is 0.0508 e. The molecule has 27 heavy (non-hydrogen) atoms. The van der Waals surface area contributed by atoms with Crippen molar-refractivity contribution in [3.63, 3.8) is 0 Å². The van der Waals surface area contributed by atoms with Crippen molar-refractivity contribution < 1.29 is 9.47 Å². The van der Waals surface area contributed by atoms with Crippen LogP contribution in [0.5, 0.6) is 0 Å². The van der Waals surface area contributed by atoms with Gasteiger partial charge in [-0.1, -0.05) is 6.07 Å². The van der Waals surface area contributed by atoms with E-state index in [1.165, 1.54) is 57.4 Å². The number of pyridine rings is 1. The van der Waals surface area contributed by atoms with E-state index in [1.54, 1.807) is 0 Å². The molecule has 1 atom stereocenters. The van der Waals surface area contributed by atoms with E-state index >= 15 is 0 Å². The first kappa shape index (κ1) is 19.3. The van der Waals surface area contributed by atoms with Gasteiger partial charge in [0.1, 0.15) is 0 Å². The molecule has 5 nitrogen and oxygen atoms in total. The first-order valence-corrected chi connectivity index (χ1v) is 10.7. The van der Waals surface area contributed by atoms with Gasteiger partial charge in [0.05, 0.1) is 6.61 Å². The molecule has 1 unspecified atom stereocenters. The third kappa shape index (κ3) is 4.70. The van der Waals surface area contributed by atoms with Gasteiger partial charge >= 0.3 is 0 Å². The van der Waals surface area contributed by atoms with Gasteiger partial charge in [0.25, 0.3) is 0 Å². The van der Waals surface area contributed by atoms with Crippen LogP contribution in [0, 0.1) is 17.3 Å². The monoisotopic (exact) mass is 373 g/mol. The van der Waals surface area contributed by atoms with Gasteiger partial charge in [-0.3, -0.25) is 9.88 Å². The highest BCUT2D eigenvalue weighted by Crippen LogP contribution is 2.45. The van der Waals surface area contributed by atoms with Crippen LogP contribution >= 0.6 is 0 Å². The van der Waals surface area contributed by atoms with E-state index in [9.17, 15) is 0 Å². The van der Waals surface area contributed by atoms with Gasteiger partial charge < -0.3 is 14.4 Å². The van der Waals surface area contributed by atoms with Crippen molar-refractivity contribution in [1.29, 1.82) is 0 Å². The Morgan fingerprint density at radius 3 is 2.74 bits per heavy atom. The second-order valence-corrected chi connectivity index (χ2v) is 8.90. The number of methoxy groups -OCH3 is 1. The Bertz CT molecular complexity index is 568. The van der Waals surface area contributed by atoms with Crippen molar-refractivity contribution >= 4 is 0 Å². The van der Waals surface area contributed by atoms with Crippen LogP contribution in [0.25, 0.3) is 0 Å². The van der Waals surface area contributed by atoms with E-state index in [0.29, 0.717) is 11.3 Å². The summed E-state index contributed by atoms with van der Waals surface area (Å²) in [5, 5.41) is 0. The Kier molecular flexibility index (Phi) is 6.43. The summed E-state index contributed by atoms with van der Waals surface area (Å²) in [6, 6.07) is 4.24. The quantitative estimate of drug-likeness (QED) is 0.766. The fraction of sp³-hybridized carbons (Fsp3) is 0.773. The number of nitrogens with zero attached hydrogens (tertiary/aromatic N) is 3. The minimum absolute atomic E-state index is 0.435. The van der Waals surface area contributed by atoms with Crippen molar-refractivity contribution in [3.05, 3.63) is 30.1 Å². The number of aromatic nitrogens is 1. The Morgan fingerprint density at radius 1 is 1.22 bits per heavy atom. The average Bonchev–Trinajstić information content (AvgIpc) is 3.02. The van der Waals surface area contributed by atoms with Crippen molar-refractivity contribution in [3.8, 4) is 0 Å². The summed E-state index contributed by atoms with van der Waals surface area (Å²) in [5.41, 5.74) is 1.76. The van der Waals surface area contributed by atoms with Gasteiger partial charge in [0.2, 0.25) is 0 Å². The molecular weight excluding hydrogens is 338 g/mol. The second kappa shape index (κ2) is 8.99. The summed E-state index contributed by atoms with van der Waals surface area (Å²) in [7, 11) is 1.86. The maximum absolute atomic E-state index is 5.63. The maximum atomic E-state index is 5.63. The average molecular weight is 374 g/mol. The van der Waals surface area contributed by atoms with Crippen LogP contribution in [0.15, 0.2) is 24.5 Å². The lowest BCUT2D eigenvalue weighted by molar-refractivity contribution is 0.0160. The van der Waals surface area contributed by atoms with Crippen molar-refractivity contribution in [2.24, 2.45) is 17.3 Å². The third-order valence-electron chi connectivity index (χ3n) is 7.09. The molecule has 5 heteroatoms. The molecule has 1 spiro atoms. The normalized spacial score (nSPS) is 27.4. The highest BCUT2D eigenvalue weighted by molar-refractivity contribution is 5.10. The summed E-state index contributed by atoms with van der Waals surface area (Å²) in [6.07, 6.45) is 8.98. The highest BCUT2D eigenvalue weighted by Gasteiger charge is 2.47. The fourth-order valence-corrected chi connectivity index (χ4v) is 5.49. The smallest absolute Gasteiger partial charge is 0.0508 e. The third-order valence-corrected chi connectivity index (χ3v) is 7.09. The molecule has 1 aromatic rings. The summed E-state index contributed by atoms with van der Waals surface area (Å²) >= 11 is 0. The van der Waals surface area contributed by atoms with Gasteiger partial charge in [-0.05, 0) is 61.7 Å². The topological polar surface area (TPSA) is 37.8 Å². The Hall–Kier alpha value is -1.01. The van der Waals surface area contributed by atoms with E-state index < -0.39 is 0 Å². The molecule has 0 amide bonds. The Labute approximate surface area is 164 Å². The molecule has 0 aliphatic carbocycles. The van der Waals surface area contributed by atoms with Gasteiger partial charge in [-0.15, -0.1) is 0 Å². The Morgan fingerprint density at radius 2 is 2.04 bits per heavy atom. The molecule has 0 radical (unpaired) electrons.